The van der Waals surface area contributed by atoms with Gasteiger partial charge in [0.25, 0.3) is 0 Å². The van der Waals surface area contributed by atoms with Crippen molar-refractivity contribution in [2.75, 3.05) is 5.32 Å². The summed E-state index contributed by atoms with van der Waals surface area (Å²) in [6.07, 6.45) is 0.422. The third kappa shape index (κ3) is 2.16. The van der Waals surface area contributed by atoms with E-state index < -0.39 is 11.4 Å². The van der Waals surface area contributed by atoms with Gasteiger partial charge in [-0.05, 0) is 11.1 Å². The lowest BCUT2D eigenvalue weighted by Crippen LogP contribution is -2.23. The van der Waals surface area contributed by atoms with Crippen LogP contribution in [0, 0.1) is 0 Å². The molecule has 1 aromatic carbocycles. The van der Waals surface area contributed by atoms with Gasteiger partial charge in [-0.3, -0.25) is 9.59 Å². The van der Waals surface area contributed by atoms with E-state index in [0.29, 0.717) is 6.42 Å². The number of rotatable bonds is 3. The predicted octanol–water partition coefficient (Wildman–Crippen LogP) is 1.93. The summed E-state index contributed by atoms with van der Waals surface area (Å²) in [7, 11) is 0. The topological polar surface area (TPSA) is 66.4 Å². The van der Waals surface area contributed by atoms with Crippen molar-refractivity contribution in [3.8, 4) is 0 Å². The summed E-state index contributed by atoms with van der Waals surface area (Å²) >= 11 is 0. The smallest absolute Gasteiger partial charge is 0.304 e. The van der Waals surface area contributed by atoms with Crippen LogP contribution in [0.15, 0.2) is 18.2 Å². The Kier molecular flexibility index (Phi) is 2.65. The molecule has 2 rings (SSSR count). The first-order chi connectivity index (χ1) is 7.90. The Bertz CT molecular complexity index is 491. The second kappa shape index (κ2) is 3.87. The monoisotopic (exact) mass is 233 g/mol. The maximum atomic E-state index is 11.4. The number of para-hydroxylation sites is 1. The number of amides is 1. The number of nitrogens with one attached hydrogen (secondary N) is 1. The SMILES string of the molecule is CC(C)(CC(=O)O)c1cccc2c1NC(=O)C2. The van der Waals surface area contributed by atoms with E-state index in [9.17, 15) is 9.59 Å². The molecule has 0 radical (unpaired) electrons. The summed E-state index contributed by atoms with van der Waals surface area (Å²) in [5, 5.41) is 11.7. The maximum absolute atomic E-state index is 11.4. The van der Waals surface area contributed by atoms with Crippen LogP contribution in [0.5, 0.6) is 0 Å². The van der Waals surface area contributed by atoms with Gasteiger partial charge in [0, 0.05) is 11.1 Å². The Balaban J connectivity index is 2.44. The molecule has 0 saturated carbocycles. The molecule has 1 aromatic rings. The van der Waals surface area contributed by atoms with Gasteiger partial charge in [0.1, 0.15) is 0 Å². The van der Waals surface area contributed by atoms with Crippen LogP contribution in [-0.2, 0) is 21.4 Å². The summed E-state index contributed by atoms with van der Waals surface area (Å²) < 4.78 is 0. The predicted molar refractivity (Wildman–Crippen MR) is 64.1 cm³/mol. The number of carboxylic acids is 1. The molecular weight excluding hydrogens is 218 g/mol. The molecule has 1 heterocycles. The van der Waals surface area contributed by atoms with Crippen molar-refractivity contribution in [1.29, 1.82) is 0 Å². The lowest BCUT2D eigenvalue weighted by molar-refractivity contribution is -0.138. The lowest BCUT2D eigenvalue weighted by atomic mass is 9.80. The van der Waals surface area contributed by atoms with Crippen molar-refractivity contribution < 1.29 is 14.7 Å². The molecule has 2 N–H and O–H groups in total. The number of anilines is 1. The molecule has 4 nitrogen and oxygen atoms in total. The second-order valence-electron chi connectivity index (χ2n) is 5.02. The minimum atomic E-state index is -0.836. The molecule has 1 amide bonds. The molecule has 0 spiro atoms. The van der Waals surface area contributed by atoms with Crippen molar-refractivity contribution in [2.45, 2.75) is 32.1 Å². The zero-order valence-electron chi connectivity index (χ0n) is 9.91. The van der Waals surface area contributed by atoms with E-state index in [-0.39, 0.29) is 12.3 Å². The zero-order chi connectivity index (χ0) is 12.6. The highest BCUT2D eigenvalue weighted by Gasteiger charge is 2.30. The van der Waals surface area contributed by atoms with Gasteiger partial charge in [-0.2, -0.15) is 0 Å². The second-order valence-corrected chi connectivity index (χ2v) is 5.02. The van der Waals surface area contributed by atoms with Crippen LogP contribution >= 0.6 is 0 Å². The fourth-order valence-electron chi connectivity index (χ4n) is 2.29. The highest BCUT2D eigenvalue weighted by molar-refractivity contribution is 6.00. The molecule has 1 aliphatic heterocycles. The lowest BCUT2D eigenvalue weighted by Gasteiger charge is -2.25. The summed E-state index contributed by atoms with van der Waals surface area (Å²) in [4.78, 5) is 22.2. The Morgan fingerprint density at radius 2 is 2.18 bits per heavy atom. The highest BCUT2D eigenvalue weighted by Crippen LogP contribution is 2.37. The normalized spacial score (nSPS) is 14.4. The van der Waals surface area contributed by atoms with Gasteiger partial charge in [-0.1, -0.05) is 32.0 Å². The largest absolute Gasteiger partial charge is 0.481 e. The molecule has 0 aromatic heterocycles. The molecule has 0 aliphatic carbocycles. The van der Waals surface area contributed by atoms with Gasteiger partial charge in [-0.15, -0.1) is 0 Å². The van der Waals surface area contributed by atoms with Crippen molar-refractivity contribution in [3.05, 3.63) is 29.3 Å². The van der Waals surface area contributed by atoms with Crippen molar-refractivity contribution in [3.63, 3.8) is 0 Å². The maximum Gasteiger partial charge on any atom is 0.304 e. The quantitative estimate of drug-likeness (QED) is 0.838. The molecule has 17 heavy (non-hydrogen) atoms. The van der Waals surface area contributed by atoms with E-state index in [1.54, 1.807) is 0 Å². The highest BCUT2D eigenvalue weighted by atomic mass is 16.4. The van der Waals surface area contributed by atoms with Gasteiger partial charge in [0.2, 0.25) is 5.91 Å². The summed E-state index contributed by atoms with van der Waals surface area (Å²) in [5.74, 6) is -0.865. The molecule has 1 aliphatic rings. The first-order valence-electron chi connectivity index (χ1n) is 5.54. The van der Waals surface area contributed by atoms with Crippen molar-refractivity contribution in [1.82, 2.24) is 0 Å². The molecule has 0 atom stereocenters. The third-order valence-electron chi connectivity index (χ3n) is 3.09. The Morgan fingerprint density at radius 1 is 1.47 bits per heavy atom. The van der Waals surface area contributed by atoms with Gasteiger partial charge >= 0.3 is 5.97 Å². The molecule has 0 bridgehead atoms. The average molecular weight is 233 g/mol. The van der Waals surface area contributed by atoms with Gasteiger partial charge in [0.15, 0.2) is 0 Å². The summed E-state index contributed by atoms with van der Waals surface area (Å²) in [5.41, 5.74) is 2.15. The average Bonchev–Trinajstić information content (AvgIpc) is 2.54. The number of carbonyl (C=O) groups is 2. The standard InChI is InChI=1S/C13H15NO3/c1-13(2,7-11(16)17)9-5-3-4-8-6-10(15)14-12(8)9/h3-5H,6-7H2,1-2H3,(H,14,15)(H,16,17). The van der Waals surface area contributed by atoms with Gasteiger partial charge < -0.3 is 10.4 Å². The first kappa shape index (κ1) is 11.6. The fourth-order valence-corrected chi connectivity index (χ4v) is 2.29. The molecular formula is C13H15NO3. The number of benzene rings is 1. The van der Waals surface area contributed by atoms with Crippen LogP contribution < -0.4 is 5.32 Å². The minimum absolute atomic E-state index is 0.0291. The van der Waals surface area contributed by atoms with E-state index in [4.69, 9.17) is 5.11 Å². The summed E-state index contributed by atoms with van der Waals surface area (Å²) in [6, 6.07) is 5.65. The number of hydrogen-bond acceptors (Lipinski definition) is 2. The Morgan fingerprint density at radius 3 is 2.82 bits per heavy atom. The zero-order valence-corrected chi connectivity index (χ0v) is 9.91. The van der Waals surface area contributed by atoms with E-state index in [0.717, 1.165) is 16.8 Å². The minimum Gasteiger partial charge on any atom is -0.481 e. The Labute approximate surface area is 99.6 Å². The van der Waals surface area contributed by atoms with E-state index in [1.807, 2.05) is 32.0 Å². The van der Waals surface area contributed by atoms with Crippen LogP contribution in [-0.4, -0.2) is 17.0 Å². The van der Waals surface area contributed by atoms with Crippen LogP contribution in [0.4, 0.5) is 5.69 Å². The molecule has 0 saturated heterocycles. The number of carbonyl (C=O) groups excluding carboxylic acids is 1. The molecule has 90 valence electrons. The van der Waals surface area contributed by atoms with Crippen LogP contribution in [0.3, 0.4) is 0 Å². The van der Waals surface area contributed by atoms with E-state index in [2.05, 4.69) is 5.32 Å². The van der Waals surface area contributed by atoms with Crippen LogP contribution in [0.25, 0.3) is 0 Å². The molecule has 4 heteroatoms. The van der Waals surface area contributed by atoms with E-state index >= 15 is 0 Å². The third-order valence-corrected chi connectivity index (χ3v) is 3.09. The van der Waals surface area contributed by atoms with Crippen molar-refractivity contribution in [2.24, 2.45) is 0 Å². The number of carboxylic acid groups (broad SMARTS) is 1. The summed E-state index contributed by atoms with van der Waals surface area (Å²) in [6.45, 7) is 3.75. The first-order valence-corrected chi connectivity index (χ1v) is 5.54. The van der Waals surface area contributed by atoms with Crippen molar-refractivity contribution >= 4 is 17.6 Å². The van der Waals surface area contributed by atoms with Crippen LogP contribution in [0.2, 0.25) is 0 Å². The van der Waals surface area contributed by atoms with Gasteiger partial charge in [0.05, 0.1) is 12.8 Å². The van der Waals surface area contributed by atoms with E-state index in [1.165, 1.54) is 0 Å². The number of fused-ring (bicyclic) bond motifs is 1. The van der Waals surface area contributed by atoms with Crippen LogP contribution in [0.1, 0.15) is 31.4 Å². The Hall–Kier alpha value is -1.84. The fraction of sp³-hybridized carbons (Fsp3) is 0.385. The number of hydrogen-bond donors (Lipinski definition) is 2. The molecule has 0 unspecified atom stereocenters. The van der Waals surface area contributed by atoms with Gasteiger partial charge in [-0.25, -0.2) is 0 Å². The number of aliphatic carboxylic acids is 1. The molecule has 0 fully saturated rings.